The minimum absolute atomic E-state index is 0.0597. The van der Waals surface area contributed by atoms with Crippen molar-refractivity contribution < 1.29 is 38.7 Å². The molecule has 0 radical (unpaired) electrons. The van der Waals surface area contributed by atoms with Gasteiger partial charge in [-0.1, -0.05) is 0 Å². The van der Waals surface area contributed by atoms with Crippen LogP contribution in [0.25, 0.3) is 0 Å². The van der Waals surface area contributed by atoms with Gasteiger partial charge in [0.1, 0.15) is 16.4 Å². The van der Waals surface area contributed by atoms with Crippen molar-refractivity contribution >= 4 is 11.8 Å². The van der Waals surface area contributed by atoms with E-state index in [1.54, 1.807) is 0 Å². The molecule has 1 heterocycles. The maximum atomic E-state index is 13.2. The molecule has 0 atom stereocenters. The van der Waals surface area contributed by atoms with Crippen LogP contribution >= 0.6 is 11.8 Å². The highest BCUT2D eigenvalue weighted by Crippen LogP contribution is 2.54. The van der Waals surface area contributed by atoms with Gasteiger partial charge in [-0.2, -0.15) is 8.78 Å². The summed E-state index contributed by atoms with van der Waals surface area (Å²) in [4.78, 5) is -0.0597. The first-order chi connectivity index (χ1) is 8.98. The number of benzene rings is 1. The fourth-order valence-electron chi connectivity index (χ4n) is 1.59. The molecule has 2 rings (SSSR count). The van der Waals surface area contributed by atoms with Crippen molar-refractivity contribution in [3.8, 4) is 11.5 Å². The summed E-state index contributed by atoms with van der Waals surface area (Å²) in [5.41, 5.74) is 0.685. The third-order valence-corrected chi connectivity index (χ3v) is 3.53. The average Bonchev–Trinajstić information content (AvgIpc) is 2.59. The molecule has 1 aromatic rings. The van der Waals surface area contributed by atoms with Crippen LogP contribution in [0.5, 0.6) is 11.5 Å². The van der Waals surface area contributed by atoms with Crippen LogP contribution in [0.3, 0.4) is 0 Å². The second-order valence-corrected chi connectivity index (χ2v) is 5.16. The minimum atomic E-state index is -3.54. The number of thioether (sulfide) groups is 1. The number of alkyl halides is 2. The molecule has 0 amide bonds. The van der Waals surface area contributed by atoms with Gasteiger partial charge in [0, 0.05) is 17.3 Å². The van der Waals surface area contributed by atoms with Crippen molar-refractivity contribution in [1.82, 2.24) is 0 Å². The normalized spacial score (nSPS) is 17.6. The lowest BCUT2D eigenvalue weighted by atomic mass is 10.0. The molecule has 1 aliphatic heterocycles. The van der Waals surface area contributed by atoms with Gasteiger partial charge in [0.05, 0.1) is 7.11 Å². The number of ether oxygens (including phenoxy) is 2. The standard InChI is InChI=1S/C10H11F2NO6S/c1-18-5-2-4(8(14,15)9(13,16)17)3-6-7(5)20-10(11,12)19-6/h2-3,14-17H,13H2,1H3. The molecule has 7 nitrogen and oxygen atoms in total. The second-order valence-electron chi connectivity index (χ2n) is 4.07. The highest BCUT2D eigenvalue weighted by atomic mass is 32.2. The molecule has 0 bridgehead atoms. The summed E-state index contributed by atoms with van der Waals surface area (Å²) in [5, 5.41) is 37.5. The smallest absolute Gasteiger partial charge is 0.457 e. The van der Waals surface area contributed by atoms with E-state index < -0.39 is 28.5 Å². The van der Waals surface area contributed by atoms with Crippen LogP contribution < -0.4 is 15.2 Å². The zero-order valence-corrected chi connectivity index (χ0v) is 10.8. The van der Waals surface area contributed by atoms with Crippen LogP contribution in [0.1, 0.15) is 5.56 Å². The number of aliphatic hydroxyl groups is 4. The number of nitrogens with two attached hydrogens (primary N) is 1. The Balaban J connectivity index is 2.56. The third kappa shape index (κ3) is 2.41. The molecule has 0 aromatic heterocycles. The summed E-state index contributed by atoms with van der Waals surface area (Å²) < 4.78 is 35.5. The van der Waals surface area contributed by atoms with Gasteiger partial charge in [-0.15, -0.1) is 0 Å². The monoisotopic (exact) mass is 311 g/mol. The highest BCUT2D eigenvalue weighted by molar-refractivity contribution is 8.00. The van der Waals surface area contributed by atoms with Crippen molar-refractivity contribution in [2.24, 2.45) is 5.73 Å². The summed E-state index contributed by atoms with van der Waals surface area (Å²) in [5.74, 6) is -7.29. The zero-order chi connectivity index (χ0) is 15.3. The van der Waals surface area contributed by atoms with Crippen molar-refractivity contribution in [3.05, 3.63) is 17.7 Å². The molecular formula is C10H11F2NO6S. The van der Waals surface area contributed by atoms with Gasteiger partial charge in [-0.25, -0.2) is 0 Å². The van der Waals surface area contributed by atoms with Crippen molar-refractivity contribution in [2.75, 3.05) is 7.11 Å². The Kier molecular flexibility index (Phi) is 3.36. The second kappa shape index (κ2) is 4.41. The number of rotatable bonds is 3. The fourth-order valence-corrected chi connectivity index (χ4v) is 2.40. The van der Waals surface area contributed by atoms with E-state index in [1.807, 2.05) is 0 Å². The molecule has 0 saturated carbocycles. The molecule has 0 fully saturated rings. The summed E-state index contributed by atoms with van der Waals surface area (Å²) in [6.07, 6.45) is 0. The van der Waals surface area contributed by atoms with Gasteiger partial charge >= 0.3 is 5.44 Å². The van der Waals surface area contributed by atoms with Crippen LogP contribution in [-0.4, -0.2) is 38.9 Å². The number of methoxy groups -OCH3 is 1. The Morgan fingerprint density at radius 1 is 1.30 bits per heavy atom. The molecule has 0 aliphatic carbocycles. The molecule has 0 unspecified atom stereocenters. The van der Waals surface area contributed by atoms with E-state index in [-0.39, 0.29) is 22.4 Å². The topological polar surface area (TPSA) is 125 Å². The zero-order valence-electron chi connectivity index (χ0n) is 10.0. The van der Waals surface area contributed by atoms with Gasteiger partial charge in [0.15, 0.2) is 0 Å². The first-order valence-electron chi connectivity index (χ1n) is 5.14. The number of hydrogen-bond acceptors (Lipinski definition) is 8. The molecule has 20 heavy (non-hydrogen) atoms. The van der Waals surface area contributed by atoms with Gasteiger partial charge in [-0.05, 0) is 12.1 Å². The Morgan fingerprint density at radius 2 is 1.90 bits per heavy atom. The van der Waals surface area contributed by atoms with E-state index >= 15 is 0 Å². The molecule has 1 aliphatic rings. The summed E-state index contributed by atoms with van der Waals surface area (Å²) in [6, 6.07) is 1.74. The van der Waals surface area contributed by atoms with E-state index in [0.29, 0.717) is 0 Å². The molecule has 10 heteroatoms. The first kappa shape index (κ1) is 15.2. The van der Waals surface area contributed by atoms with Crippen molar-refractivity contribution in [2.45, 2.75) is 22.0 Å². The van der Waals surface area contributed by atoms with E-state index in [4.69, 9.17) is 20.7 Å². The lowest BCUT2D eigenvalue weighted by Gasteiger charge is -2.31. The van der Waals surface area contributed by atoms with Crippen LogP contribution in [0.15, 0.2) is 17.0 Å². The lowest BCUT2D eigenvalue weighted by molar-refractivity contribution is -0.363. The number of fused-ring (bicyclic) bond motifs is 1. The molecule has 1 aromatic carbocycles. The summed E-state index contributed by atoms with van der Waals surface area (Å²) >= 11 is 0.0713. The number of hydrogen-bond donors (Lipinski definition) is 5. The van der Waals surface area contributed by atoms with Gasteiger partial charge in [0.2, 0.25) is 0 Å². The SMILES string of the molecule is COc1cc(C(O)(O)C(N)(O)O)cc2c1SC(F)(F)O2. The number of halogens is 2. The van der Waals surface area contributed by atoms with Gasteiger partial charge < -0.3 is 29.9 Å². The van der Waals surface area contributed by atoms with Crippen molar-refractivity contribution in [3.63, 3.8) is 0 Å². The molecule has 112 valence electrons. The summed E-state index contributed by atoms with van der Waals surface area (Å²) in [6.45, 7) is 0. The quantitative estimate of drug-likeness (QED) is 0.472. The Morgan fingerprint density at radius 3 is 2.40 bits per heavy atom. The lowest BCUT2D eigenvalue weighted by Crippen LogP contribution is -2.58. The highest BCUT2D eigenvalue weighted by Gasteiger charge is 2.49. The van der Waals surface area contributed by atoms with Crippen LogP contribution in [0.4, 0.5) is 8.78 Å². The Labute approximate surface area is 115 Å². The maximum Gasteiger partial charge on any atom is 0.457 e. The Bertz CT molecular complexity index is 545. The minimum Gasteiger partial charge on any atom is -0.495 e. The first-order valence-corrected chi connectivity index (χ1v) is 5.96. The van der Waals surface area contributed by atoms with E-state index in [1.165, 1.54) is 7.11 Å². The molecule has 0 saturated heterocycles. The third-order valence-electron chi connectivity index (χ3n) is 2.61. The molecule has 6 N–H and O–H groups in total. The van der Waals surface area contributed by atoms with Gasteiger partial charge in [0.25, 0.3) is 11.7 Å². The van der Waals surface area contributed by atoms with Crippen molar-refractivity contribution in [1.29, 1.82) is 0 Å². The molecular weight excluding hydrogens is 300 g/mol. The van der Waals surface area contributed by atoms with E-state index in [2.05, 4.69) is 4.74 Å². The molecule has 0 spiro atoms. The largest absolute Gasteiger partial charge is 0.495 e. The fraction of sp³-hybridized carbons (Fsp3) is 0.400. The predicted octanol–water partition coefficient (Wildman–Crippen LogP) is -0.535. The summed E-state index contributed by atoms with van der Waals surface area (Å²) in [7, 11) is 1.17. The van der Waals surface area contributed by atoms with Crippen LogP contribution in [0.2, 0.25) is 0 Å². The van der Waals surface area contributed by atoms with Crippen LogP contribution in [-0.2, 0) is 5.79 Å². The Hall–Kier alpha value is -1.17. The van der Waals surface area contributed by atoms with E-state index in [0.717, 1.165) is 12.1 Å². The maximum absolute atomic E-state index is 13.2. The average molecular weight is 311 g/mol. The van der Waals surface area contributed by atoms with E-state index in [9.17, 15) is 19.0 Å². The predicted molar refractivity (Wildman–Crippen MR) is 61.9 cm³/mol. The van der Waals surface area contributed by atoms with Crippen LogP contribution in [0, 0.1) is 0 Å². The van der Waals surface area contributed by atoms with Gasteiger partial charge in [-0.3, -0.25) is 5.73 Å².